The van der Waals surface area contributed by atoms with Gasteiger partial charge in [0.15, 0.2) is 5.82 Å². The van der Waals surface area contributed by atoms with Gasteiger partial charge < -0.3 is 0 Å². The Hall–Kier alpha value is -1.13. The van der Waals surface area contributed by atoms with Crippen LogP contribution in [0.15, 0.2) is 18.2 Å². The summed E-state index contributed by atoms with van der Waals surface area (Å²) in [5, 5.41) is 6.37. The molecule has 1 aromatic carbocycles. The lowest BCUT2D eigenvalue weighted by atomic mass is 10.1. The summed E-state index contributed by atoms with van der Waals surface area (Å²) in [5.74, 6) is 0.718. The Balaban J connectivity index is 2.62. The third-order valence-corrected chi connectivity index (χ3v) is 2.63. The lowest BCUT2D eigenvalue weighted by Crippen LogP contribution is -1.86. The largest absolute Gasteiger partial charge is 0.282 e. The minimum atomic E-state index is 0.444. The van der Waals surface area contributed by atoms with Gasteiger partial charge >= 0.3 is 0 Å². The van der Waals surface area contributed by atoms with Gasteiger partial charge in [-0.1, -0.05) is 23.7 Å². The molecule has 2 aromatic rings. The zero-order valence-electron chi connectivity index (χ0n) is 7.47. The van der Waals surface area contributed by atoms with Crippen LogP contribution < -0.4 is 0 Å². The van der Waals surface area contributed by atoms with Gasteiger partial charge in [-0.05, 0) is 30.8 Å². The molecular formula is C9H8ClN3S. The highest BCUT2D eigenvalue weighted by molar-refractivity contribution is 7.71. The van der Waals surface area contributed by atoms with Crippen LogP contribution in [0.2, 0.25) is 5.02 Å². The average molecular weight is 226 g/mol. The molecule has 0 spiro atoms. The SMILES string of the molecule is Cc1c(Cl)cccc1-c1nc(=S)[nH][nH]1. The van der Waals surface area contributed by atoms with E-state index in [-0.39, 0.29) is 0 Å². The van der Waals surface area contributed by atoms with Gasteiger partial charge in [0.25, 0.3) is 0 Å². The van der Waals surface area contributed by atoms with E-state index >= 15 is 0 Å². The minimum Gasteiger partial charge on any atom is -0.282 e. The summed E-state index contributed by atoms with van der Waals surface area (Å²) in [4.78, 5) is 4.13. The van der Waals surface area contributed by atoms with E-state index in [2.05, 4.69) is 15.2 Å². The average Bonchev–Trinajstić information content (AvgIpc) is 2.57. The molecule has 1 heterocycles. The lowest BCUT2D eigenvalue weighted by Gasteiger charge is -2.02. The molecule has 2 rings (SSSR count). The molecule has 0 fully saturated rings. The summed E-state index contributed by atoms with van der Waals surface area (Å²) in [6.07, 6.45) is 0. The molecule has 0 aliphatic carbocycles. The van der Waals surface area contributed by atoms with Crippen LogP contribution in [0.1, 0.15) is 5.56 Å². The van der Waals surface area contributed by atoms with E-state index < -0.39 is 0 Å². The number of aromatic amines is 2. The number of rotatable bonds is 1. The van der Waals surface area contributed by atoms with E-state index in [0.717, 1.165) is 22.0 Å². The number of nitrogens with zero attached hydrogens (tertiary/aromatic N) is 1. The first-order valence-electron chi connectivity index (χ1n) is 4.08. The van der Waals surface area contributed by atoms with E-state index in [4.69, 9.17) is 23.8 Å². The summed E-state index contributed by atoms with van der Waals surface area (Å²) in [7, 11) is 0. The molecule has 0 amide bonds. The monoisotopic (exact) mass is 225 g/mol. The van der Waals surface area contributed by atoms with Crippen LogP contribution in [0.5, 0.6) is 0 Å². The van der Waals surface area contributed by atoms with Gasteiger partial charge in [0.2, 0.25) is 4.77 Å². The number of hydrogen-bond donors (Lipinski definition) is 2. The van der Waals surface area contributed by atoms with Crippen LogP contribution in [-0.4, -0.2) is 15.2 Å². The lowest BCUT2D eigenvalue weighted by molar-refractivity contribution is 1.08. The van der Waals surface area contributed by atoms with Crippen LogP contribution in [0.25, 0.3) is 11.4 Å². The fraction of sp³-hybridized carbons (Fsp3) is 0.111. The number of aromatic nitrogens is 3. The van der Waals surface area contributed by atoms with Gasteiger partial charge in [-0.15, -0.1) is 0 Å². The molecule has 1 aromatic heterocycles. The Bertz CT molecular complexity index is 515. The molecule has 0 radical (unpaired) electrons. The molecule has 0 unspecified atom stereocenters. The molecule has 0 aliphatic rings. The molecule has 0 atom stereocenters. The van der Waals surface area contributed by atoms with Crippen LogP contribution in [0.4, 0.5) is 0 Å². The Kier molecular flexibility index (Phi) is 2.39. The zero-order valence-corrected chi connectivity index (χ0v) is 9.04. The molecule has 2 N–H and O–H groups in total. The second-order valence-corrected chi connectivity index (χ2v) is 3.72. The third kappa shape index (κ3) is 1.58. The molecule has 5 heteroatoms. The minimum absolute atomic E-state index is 0.444. The van der Waals surface area contributed by atoms with E-state index in [1.807, 2.05) is 25.1 Å². The smallest absolute Gasteiger partial charge is 0.213 e. The van der Waals surface area contributed by atoms with E-state index in [0.29, 0.717) is 4.77 Å². The van der Waals surface area contributed by atoms with E-state index in [1.165, 1.54) is 0 Å². The first-order chi connectivity index (χ1) is 6.68. The van der Waals surface area contributed by atoms with Crippen molar-refractivity contribution in [2.24, 2.45) is 0 Å². The van der Waals surface area contributed by atoms with Crippen molar-refractivity contribution < 1.29 is 0 Å². The predicted octanol–water partition coefficient (Wildman–Crippen LogP) is 3.10. The molecule has 14 heavy (non-hydrogen) atoms. The molecule has 0 saturated carbocycles. The summed E-state index contributed by atoms with van der Waals surface area (Å²) < 4.78 is 0.444. The molecule has 0 aliphatic heterocycles. The highest BCUT2D eigenvalue weighted by Gasteiger charge is 2.06. The van der Waals surface area contributed by atoms with Crippen molar-refractivity contribution in [2.75, 3.05) is 0 Å². The van der Waals surface area contributed by atoms with Crippen molar-refractivity contribution in [3.05, 3.63) is 33.6 Å². The number of halogens is 1. The topological polar surface area (TPSA) is 44.5 Å². The summed E-state index contributed by atoms with van der Waals surface area (Å²) in [6, 6.07) is 5.68. The molecule has 3 nitrogen and oxygen atoms in total. The van der Waals surface area contributed by atoms with E-state index in [9.17, 15) is 0 Å². The number of H-pyrrole nitrogens is 2. The Morgan fingerprint density at radius 2 is 2.14 bits per heavy atom. The third-order valence-electron chi connectivity index (χ3n) is 2.02. The highest BCUT2D eigenvalue weighted by Crippen LogP contribution is 2.25. The Morgan fingerprint density at radius 1 is 1.36 bits per heavy atom. The summed E-state index contributed by atoms with van der Waals surface area (Å²) in [5.41, 5.74) is 1.96. The fourth-order valence-electron chi connectivity index (χ4n) is 1.26. The van der Waals surface area contributed by atoms with Gasteiger partial charge in [0.1, 0.15) is 0 Å². The van der Waals surface area contributed by atoms with Crippen molar-refractivity contribution in [2.45, 2.75) is 6.92 Å². The molecule has 0 bridgehead atoms. The van der Waals surface area contributed by atoms with Crippen molar-refractivity contribution in [1.29, 1.82) is 0 Å². The normalized spacial score (nSPS) is 10.4. The van der Waals surface area contributed by atoms with Crippen LogP contribution in [0.3, 0.4) is 0 Å². The maximum Gasteiger partial charge on any atom is 0.213 e. The van der Waals surface area contributed by atoms with Gasteiger partial charge in [-0.25, -0.2) is 0 Å². The van der Waals surface area contributed by atoms with Crippen LogP contribution >= 0.6 is 23.8 Å². The van der Waals surface area contributed by atoms with Gasteiger partial charge in [0.05, 0.1) is 0 Å². The quantitative estimate of drug-likeness (QED) is 0.733. The van der Waals surface area contributed by atoms with Gasteiger partial charge in [-0.2, -0.15) is 4.98 Å². The molecule has 72 valence electrons. The number of nitrogens with one attached hydrogen (secondary N) is 2. The first kappa shape index (κ1) is 9.43. The van der Waals surface area contributed by atoms with Gasteiger partial charge in [-0.3, -0.25) is 10.2 Å². The summed E-state index contributed by atoms with van der Waals surface area (Å²) in [6.45, 7) is 1.95. The predicted molar refractivity (Wildman–Crippen MR) is 59.0 cm³/mol. The van der Waals surface area contributed by atoms with Gasteiger partial charge in [0, 0.05) is 10.6 Å². The van der Waals surface area contributed by atoms with Crippen molar-refractivity contribution in [3.8, 4) is 11.4 Å². The zero-order chi connectivity index (χ0) is 10.1. The fourth-order valence-corrected chi connectivity index (χ4v) is 1.58. The maximum absolute atomic E-state index is 5.99. The second kappa shape index (κ2) is 3.55. The second-order valence-electron chi connectivity index (χ2n) is 2.93. The van der Waals surface area contributed by atoms with Crippen LogP contribution in [-0.2, 0) is 0 Å². The number of benzene rings is 1. The first-order valence-corrected chi connectivity index (χ1v) is 4.87. The van der Waals surface area contributed by atoms with E-state index in [1.54, 1.807) is 0 Å². The maximum atomic E-state index is 5.99. The number of hydrogen-bond acceptors (Lipinski definition) is 2. The molecular weight excluding hydrogens is 218 g/mol. The van der Waals surface area contributed by atoms with Crippen molar-refractivity contribution in [1.82, 2.24) is 15.2 Å². The van der Waals surface area contributed by atoms with Crippen molar-refractivity contribution in [3.63, 3.8) is 0 Å². The van der Waals surface area contributed by atoms with Crippen molar-refractivity contribution >= 4 is 23.8 Å². The highest BCUT2D eigenvalue weighted by atomic mass is 35.5. The van der Waals surface area contributed by atoms with Crippen LogP contribution in [0, 0.1) is 11.7 Å². The Labute approximate surface area is 91.1 Å². The Morgan fingerprint density at radius 3 is 2.79 bits per heavy atom. The standard InChI is InChI=1S/C9H8ClN3S/c1-5-6(3-2-4-7(5)10)8-11-9(14)13-12-8/h2-4H,1H3,(H2,11,12,13,14). The molecule has 0 saturated heterocycles. The summed E-state index contributed by atoms with van der Waals surface area (Å²) >= 11 is 10.9.